The van der Waals surface area contributed by atoms with Crippen LogP contribution in [-0.2, 0) is 0 Å². The van der Waals surface area contributed by atoms with E-state index in [-0.39, 0.29) is 5.50 Å². The van der Waals surface area contributed by atoms with Crippen molar-refractivity contribution >= 4 is 28.4 Å². The van der Waals surface area contributed by atoms with Crippen LogP contribution < -0.4 is 5.43 Å². The van der Waals surface area contributed by atoms with Crippen LogP contribution >= 0.6 is 23.2 Å². The SMILES string of the molecule is CCCN(CCC)C1=CC(Cl)NN=C1Cl. The molecule has 1 heterocycles. The average molecular weight is 250 g/mol. The van der Waals surface area contributed by atoms with Crippen molar-refractivity contribution in [2.75, 3.05) is 13.1 Å². The molecule has 86 valence electrons. The summed E-state index contributed by atoms with van der Waals surface area (Å²) in [5.74, 6) is 0. The molecule has 5 heteroatoms. The second-order valence-electron chi connectivity index (χ2n) is 3.47. The zero-order chi connectivity index (χ0) is 11.3. The number of rotatable bonds is 5. The van der Waals surface area contributed by atoms with Crippen LogP contribution in [0.2, 0.25) is 0 Å². The molecule has 0 aromatic carbocycles. The topological polar surface area (TPSA) is 27.6 Å². The molecule has 3 nitrogen and oxygen atoms in total. The minimum absolute atomic E-state index is 0.265. The molecule has 1 N–H and O–H groups in total. The summed E-state index contributed by atoms with van der Waals surface area (Å²) in [4.78, 5) is 2.22. The lowest BCUT2D eigenvalue weighted by molar-refractivity contribution is 0.357. The Balaban J connectivity index is 2.76. The monoisotopic (exact) mass is 249 g/mol. The lowest BCUT2D eigenvalue weighted by atomic mass is 10.2. The Kier molecular flexibility index (Phi) is 5.26. The molecule has 1 unspecified atom stereocenters. The van der Waals surface area contributed by atoms with Gasteiger partial charge in [-0.05, 0) is 18.9 Å². The summed E-state index contributed by atoms with van der Waals surface area (Å²) in [5.41, 5.74) is 3.40. The molecule has 0 radical (unpaired) electrons. The van der Waals surface area contributed by atoms with Crippen LogP contribution in [0.4, 0.5) is 0 Å². The summed E-state index contributed by atoms with van der Waals surface area (Å²) < 4.78 is 0. The van der Waals surface area contributed by atoms with Crippen LogP contribution in [0.3, 0.4) is 0 Å². The van der Waals surface area contributed by atoms with Gasteiger partial charge in [-0.1, -0.05) is 37.0 Å². The van der Waals surface area contributed by atoms with E-state index in [0.29, 0.717) is 5.17 Å². The predicted molar refractivity (Wildman–Crippen MR) is 66.3 cm³/mol. The van der Waals surface area contributed by atoms with Crippen LogP contribution in [0, 0.1) is 0 Å². The molecule has 0 saturated heterocycles. The Morgan fingerprint density at radius 1 is 1.40 bits per heavy atom. The van der Waals surface area contributed by atoms with E-state index in [2.05, 4.69) is 29.3 Å². The fourth-order valence-electron chi connectivity index (χ4n) is 1.55. The third-order valence-corrected chi connectivity index (χ3v) is 2.63. The molecule has 1 atom stereocenters. The second-order valence-corrected chi connectivity index (χ2v) is 4.30. The van der Waals surface area contributed by atoms with Crippen LogP contribution in [0.1, 0.15) is 26.7 Å². The summed E-state index contributed by atoms with van der Waals surface area (Å²) in [7, 11) is 0. The highest BCUT2D eigenvalue weighted by atomic mass is 35.5. The van der Waals surface area contributed by atoms with Crippen molar-refractivity contribution in [1.29, 1.82) is 0 Å². The first-order valence-electron chi connectivity index (χ1n) is 5.29. The minimum Gasteiger partial charge on any atom is -0.369 e. The summed E-state index contributed by atoms with van der Waals surface area (Å²) in [5, 5.41) is 4.46. The van der Waals surface area contributed by atoms with Gasteiger partial charge >= 0.3 is 0 Å². The molecule has 0 amide bonds. The molecule has 0 saturated carbocycles. The molecule has 15 heavy (non-hydrogen) atoms. The van der Waals surface area contributed by atoms with Gasteiger partial charge in [-0.25, -0.2) is 0 Å². The Morgan fingerprint density at radius 2 is 2.00 bits per heavy atom. The van der Waals surface area contributed by atoms with Gasteiger partial charge in [0.05, 0.1) is 5.70 Å². The highest BCUT2D eigenvalue weighted by Crippen LogP contribution is 2.16. The summed E-state index contributed by atoms with van der Waals surface area (Å²) in [6, 6.07) is 0. The fraction of sp³-hybridized carbons (Fsp3) is 0.700. The zero-order valence-electron chi connectivity index (χ0n) is 9.13. The quantitative estimate of drug-likeness (QED) is 0.600. The second kappa shape index (κ2) is 6.23. The van der Waals surface area contributed by atoms with Gasteiger partial charge in [-0.15, -0.1) is 0 Å². The molecule has 1 aliphatic rings. The Labute approximate surface area is 101 Å². The largest absolute Gasteiger partial charge is 0.369 e. The first-order valence-corrected chi connectivity index (χ1v) is 6.10. The van der Waals surface area contributed by atoms with E-state index >= 15 is 0 Å². The number of hydrogen-bond acceptors (Lipinski definition) is 3. The lowest BCUT2D eigenvalue weighted by Crippen LogP contribution is -2.33. The van der Waals surface area contributed by atoms with Crippen molar-refractivity contribution in [2.24, 2.45) is 5.10 Å². The van der Waals surface area contributed by atoms with Gasteiger partial charge in [0.2, 0.25) is 0 Å². The van der Waals surface area contributed by atoms with Gasteiger partial charge < -0.3 is 4.90 Å². The van der Waals surface area contributed by atoms with Gasteiger partial charge in [-0.3, -0.25) is 5.43 Å². The van der Waals surface area contributed by atoms with Crippen molar-refractivity contribution in [3.8, 4) is 0 Å². The molecule has 0 spiro atoms. The van der Waals surface area contributed by atoms with Crippen LogP contribution in [0.15, 0.2) is 16.9 Å². The van der Waals surface area contributed by atoms with Crippen molar-refractivity contribution < 1.29 is 0 Å². The number of hydrazone groups is 1. The number of hydrogen-bond donors (Lipinski definition) is 1. The smallest absolute Gasteiger partial charge is 0.171 e. The van der Waals surface area contributed by atoms with E-state index < -0.39 is 0 Å². The normalized spacial score (nSPS) is 20.4. The van der Waals surface area contributed by atoms with Crippen LogP contribution in [-0.4, -0.2) is 28.7 Å². The molecule has 0 aromatic rings. The summed E-state index contributed by atoms with van der Waals surface area (Å²) in [6.07, 6.45) is 4.08. The van der Waals surface area contributed by atoms with Crippen LogP contribution in [0.5, 0.6) is 0 Å². The third-order valence-electron chi connectivity index (χ3n) is 2.13. The van der Waals surface area contributed by atoms with Gasteiger partial charge in [-0.2, -0.15) is 5.10 Å². The summed E-state index contributed by atoms with van der Waals surface area (Å²) in [6.45, 7) is 6.26. The molecule has 0 aromatic heterocycles. The van der Waals surface area contributed by atoms with Crippen molar-refractivity contribution in [1.82, 2.24) is 10.3 Å². The summed E-state index contributed by atoms with van der Waals surface area (Å²) >= 11 is 12.0. The van der Waals surface area contributed by atoms with E-state index in [0.717, 1.165) is 31.6 Å². The Bertz CT molecular complexity index is 257. The highest BCUT2D eigenvalue weighted by Gasteiger charge is 2.18. The van der Waals surface area contributed by atoms with E-state index in [1.165, 1.54) is 0 Å². The number of nitrogens with zero attached hydrogens (tertiary/aromatic N) is 2. The maximum atomic E-state index is 6.03. The van der Waals surface area contributed by atoms with E-state index in [1.807, 2.05) is 6.08 Å². The number of nitrogens with one attached hydrogen (secondary N) is 1. The minimum atomic E-state index is -0.265. The molecular formula is C10H17Cl2N3. The standard InChI is InChI=1S/C10H17Cl2N3/c1-3-5-15(6-4-2)8-7-9(11)13-14-10(8)12/h7,9,13H,3-6H2,1-2H3. The first-order chi connectivity index (χ1) is 7.19. The van der Waals surface area contributed by atoms with Crippen molar-refractivity contribution in [2.45, 2.75) is 32.2 Å². The zero-order valence-corrected chi connectivity index (χ0v) is 10.6. The van der Waals surface area contributed by atoms with E-state index in [1.54, 1.807) is 0 Å². The Hall–Kier alpha value is -0.410. The van der Waals surface area contributed by atoms with Gasteiger partial charge in [0.25, 0.3) is 0 Å². The number of allylic oxidation sites excluding steroid dienone is 1. The Morgan fingerprint density at radius 3 is 2.53 bits per heavy atom. The molecule has 1 aliphatic heterocycles. The first kappa shape index (κ1) is 12.7. The van der Waals surface area contributed by atoms with E-state index in [9.17, 15) is 0 Å². The molecule has 1 rings (SSSR count). The number of alkyl halides is 1. The fourth-order valence-corrected chi connectivity index (χ4v) is 1.95. The predicted octanol–water partition coefficient (Wildman–Crippen LogP) is 2.71. The maximum Gasteiger partial charge on any atom is 0.171 e. The highest BCUT2D eigenvalue weighted by molar-refractivity contribution is 6.69. The molecular weight excluding hydrogens is 233 g/mol. The molecule has 0 bridgehead atoms. The molecule has 0 fully saturated rings. The van der Waals surface area contributed by atoms with Gasteiger partial charge in [0.15, 0.2) is 5.17 Å². The van der Waals surface area contributed by atoms with Gasteiger partial charge in [0, 0.05) is 13.1 Å². The molecule has 0 aliphatic carbocycles. The lowest BCUT2D eigenvalue weighted by Gasteiger charge is -2.28. The van der Waals surface area contributed by atoms with Crippen molar-refractivity contribution in [3.63, 3.8) is 0 Å². The maximum absolute atomic E-state index is 6.03. The third kappa shape index (κ3) is 3.58. The van der Waals surface area contributed by atoms with Crippen molar-refractivity contribution in [3.05, 3.63) is 11.8 Å². The average Bonchev–Trinajstić information content (AvgIpc) is 2.21. The van der Waals surface area contributed by atoms with Gasteiger partial charge in [0.1, 0.15) is 5.50 Å². The number of halogens is 2. The van der Waals surface area contributed by atoms with Crippen LogP contribution in [0.25, 0.3) is 0 Å². The van der Waals surface area contributed by atoms with E-state index in [4.69, 9.17) is 23.2 Å².